The molecule has 27 heavy (non-hydrogen) atoms. The van der Waals surface area contributed by atoms with Gasteiger partial charge in [0.25, 0.3) is 5.91 Å². The second-order valence-electron chi connectivity index (χ2n) is 7.29. The van der Waals surface area contributed by atoms with Crippen molar-refractivity contribution in [3.63, 3.8) is 0 Å². The van der Waals surface area contributed by atoms with Gasteiger partial charge in [-0.05, 0) is 31.0 Å². The van der Waals surface area contributed by atoms with E-state index in [0.717, 1.165) is 5.69 Å². The number of amides is 1. The largest absolute Gasteiger partial charge is 0.486 e. The minimum Gasteiger partial charge on any atom is -0.486 e. The Morgan fingerprint density at radius 3 is 2.63 bits per heavy atom. The van der Waals surface area contributed by atoms with Crippen LogP contribution in [0.4, 0.5) is 0 Å². The van der Waals surface area contributed by atoms with Crippen LogP contribution in [0.2, 0.25) is 0 Å². The number of aromatic nitrogens is 3. The zero-order valence-corrected chi connectivity index (χ0v) is 16.9. The lowest BCUT2D eigenvalue weighted by atomic mass is 9.93. The van der Waals surface area contributed by atoms with E-state index >= 15 is 0 Å². The Morgan fingerprint density at radius 2 is 1.96 bits per heavy atom. The number of hydrogen-bond acceptors (Lipinski definition) is 6. The fourth-order valence-corrected chi connectivity index (χ4v) is 2.89. The van der Waals surface area contributed by atoms with Crippen LogP contribution in [0.15, 0.2) is 18.2 Å². The normalized spacial score (nSPS) is 13.1. The molecule has 1 aliphatic rings. The van der Waals surface area contributed by atoms with Crippen molar-refractivity contribution < 1.29 is 14.3 Å². The van der Waals surface area contributed by atoms with Gasteiger partial charge in [0.1, 0.15) is 13.2 Å². The Labute approximate surface area is 165 Å². The third-order valence-corrected chi connectivity index (χ3v) is 4.43. The SMILES string of the molecule is Cc1c(C(=O)N(C)CC(C)(C)CN)nnn1-c1ccc2c(c1)OCCO2.Cl. The molecule has 1 aromatic heterocycles. The van der Waals surface area contributed by atoms with Crippen molar-refractivity contribution in [1.82, 2.24) is 19.9 Å². The van der Waals surface area contributed by atoms with Crippen molar-refractivity contribution in [2.24, 2.45) is 11.1 Å². The van der Waals surface area contributed by atoms with Crippen LogP contribution < -0.4 is 15.2 Å². The molecule has 1 aliphatic heterocycles. The summed E-state index contributed by atoms with van der Waals surface area (Å²) in [6, 6.07) is 5.54. The first kappa shape index (κ1) is 21.0. The molecular formula is C18H26ClN5O3. The van der Waals surface area contributed by atoms with Gasteiger partial charge in [0.2, 0.25) is 0 Å². The lowest BCUT2D eigenvalue weighted by Gasteiger charge is -2.28. The van der Waals surface area contributed by atoms with Gasteiger partial charge >= 0.3 is 0 Å². The van der Waals surface area contributed by atoms with Crippen LogP contribution in [0.1, 0.15) is 30.0 Å². The van der Waals surface area contributed by atoms with Crippen molar-refractivity contribution in [2.45, 2.75) is 20.8 Å². The number of nitrogens with zero attached hydrogens (tertiary/aromatic N) is 4. The Kier molecular flexibility index (Phi) is 6.33. The Morgan fingerprint density at radius 1 is 1.30 bits per heavy atom. The van der Waals surface area contributed by atoms with Gasteiger partial charge in [-0.25, -0.2) is 4.68 Å². The number of fused-ring (bicyclic) bond motifs is 1. The van der Waals surface area contributed by atoms with Crippen LogP contribution in [0.3, 0.4) is 0 Å². The van der Waals surface area contributed by atoms with Gasteiger partial charge < -0.3 is 20.1 Å². The van der Waals surface area contributed by atoms with Gasteiger partial charge in [-0.1, -0.05) is 19.1 Å². The average molecular weight is 396 g/mol. The summed E-state index contributed by atoms with van der Waals surface area (Å²) >= 11 is 0. The third kappa shape index (κ3) is 4.33. The van der Waals surface area contributed by atoms with Crippen LogP contribution in [0.5, 0.6) is 11.5 Å². The summed E-state index contributed by atoms with van der Waals surface area (Å²) in [5.74, 6) is 1.20. The molecule has 2 N–H and O–H groups in total. The quantitative estimate of drug-likeness (QED) is 0.829. The number of nitrogens with two attached hydrogens (primary N) is 1. The van der Waals surface area contributed by atoms with Gasteiger partial charge in [0, 0.05) is 19.7 Å². The maximum Gasteiger partial charge on any atom is 0.276 e. The monoisotopic (exact) mass is 395 g/mol. The highest BCUT2D eigenvalue weighted by Gasteiger charge is 2.26. The molecule has 9 heteroatoms. The zero-order chi connectivity index (χ0) is 18.9. The van der Waals surface area contributed by atoms with Gasteiger partial charge in [0.15, 0.2) is 17.2 Å². The molecule has 1 aromatic carbocycles. The van der Waals surface area contributed by atoms with Gasteiger partial charge in [0.05, 0.1) is 11.4 Å². The molecule has 0 aliphatic carbocycles. The molecule has 3 rings (SSSR count). The molecule has 0 bridgehead atoms. The van der Waals surface area contributed by atoms with Crippen LogP contribution in [-0.4, -0.2) is 59.2 Å². The van der Waals surface area contributed by atoms with Gasteiger partial charge in [-0.3, -0.25) is 4.79 Å². The lowest BCUT2D eigenvalue weighted by Crippen LogP contribution is -2.40. The van der Waals surface area contributed by atoms with Crippen molar-refractivity contribution in [3.05, 3.63) is 29.6 Å². The van der Waals surface area contributed by atoms with E-state index in [2.05, 4.69) is 10.3 Å². The van der Waals surface area contributed by atoms with Crippen LogP contribution in [0.25, 0.3) is 5.69 Å². The van der Waals surface area contributed by atoms with Crippen molar-refractivity contribution >= 4 is 18.3 Å². The molecule has 1 amide bonds. The predicted octanol–water partition coefficient (Wildman–Crippen LogP) is 1.83. The van der Waals surface area contributed by atoms with Crippen molar-refractivity contribution in [1.29, 1.82) is 0 Å². The first-order valence-electron chi connectivity index (χ1n) is 8.60. The highest BCUT2D eigenvalue weighted by Crippen LogP contribution is 2.32. The Bertz CT molecular complexity index is 821. The molecular weight excluding hydrogens is 370 g/mol. The molecule has 148 valence electrons. The van der Waals surface area contributed by atoms with E-state index in [4.69, 9.17) is 15.2 Å². The standard InChI is InChI=1S/C18H25N5O3.ClH/c1-12-16(17(24)22(4)11-18(2,3)10-19)20-21-23(12)13-5-6-14-15(9-13)26-8-7-25-14;/h5-6,9H,7-8,10-11,19H2,1-4H3;1H. The van der Waals surface area contributed by atoms with Crippen molar-refractivity contribution in [2.75, 3.05) is 33.4 Å². The van der Waals surface area contributed by atoms with Crippen LogP contribution >= 0.6 is 12.4 Å². The van der Waals surface area contributed by atoms with Crippen LogP contribution in [-0.2, 0) is 0 Å². The minimum atomic E-state index is -0.173. The maximum absolute atomic E-state index is 12.8. The highest BCUT2D eigenvalue weighted by atomic mass is 35.5. The van der Waals surface area contributed by atoms with E-state index in [1.54, 1.807) is 16.6 Å². The summed E-state index contributed by atoms with van der Waals surface area (Å²) in [7, 11) is 1.75. The second-order valence-corrected chi connectivity index (χ2v) is 7.29. The predicted molar refractivity (Wildman–Crippen MR) is 104 cm³/mol. The number of rotatable bonds is 5. The summed E-state index contributed by atoms with van der Waals surface area (Å²) in [5, 5.41) is 8.25. The van der Waals surface area contributed by atoms with Crippen LogP contribution in [0, 0.1) is 12.3 Å². The molecule has 0 saturated heterocycles. The molecule has 0 unspecified atom stereocenters. The topological polar surface area (TPSA) is 95.5 Å². The van der Waals surface area contributed by atoms with E-state index in [1.807, 2.05) is 39.0 Å². The number of benzene rings is 1. The lowest BCUT2D eigenvalue weighted by molar-refractivity contribution is 0.0734. The van der Waals surface area contributed by atoms with E-state index in [9.17, 15) is 4.79 Å². The summed E-state index contributed by atoms with van der Waals surface area (Å²) in [6.07, 6.45) is 0. The summed E-state index contributed by atoms with van der Waals surface area (Å²) < 4.78 is 12.8. The molecule has 0 fully saturated rings. The summed E-state index contributed by atoms with van der Waals surface area (Å²) in [4.78, 5) is 14.4. The first-order valence-corrected chi connectivity index (χ1v) is 8.60. The fraction of sp³-hybridized carbons (Fsp3) is 0.500. The third-order valence-electron chi connectivity index (χ3n) is 4.43. The molecule has 0 radical (unpaired) electrons. The number of ether oxygens (including phenoxy) is 2. The van der Waals surface area contributed by atoms with E-state index in [0.29, 0.717) is 49.2 Å². The molecule has 2 heterocycles. The second kappa shape index (κ2) is 8.14. The first-order chi connectivity index (χ1) is 12.3. The fourth-order valence-electron chi connectivity index (χ4n) is 2.89. The molecule has 0 saturated carbocycles. The summed E-state index contributed by atoms with van der Waals surface area (Å²) in [5.41, 5.74) is 7.37. The van der Waals surface area contributed by atoms with E-state index in [1.165, 1.54) is 0 Å². The smallest absolute Gasteiger partial charge is 0.276 e. The molecule has 0 spiro atoms. The Hall–Kier alpha value is -2.32. The van der Waals surface area contributed by atoms with Gasteiger partial charge in [-0.15, -0.1) is 17.5 Å². The number of halogens is 1. The number of hydrogen-bond donors (Lipinski definition) is 1. The summed E-state index contributed by atoms with van der Waals surface area (Å²) in [6.45, 7) is 7.96. The van der Waals surface area contributed by atoms with Crippen molar-refractivity contribution in [3.8, 4) is 17.2 Å². The highest BCUT2D eigenvalue weighted by molar-refractivity contribution is 5.93. The molecule has 2 aromatic rings. The van der Waals surface area contributed by atoms with Gasteiger partial charge in [-0.2, -0.15) is 0 Å². The average Bonchev–Trinajstić information content (AvgIpc) is 3.01. The number of carbonyl (C=O) groups excluding carboxylic acids is 1. The molecule has 0 atom stereocenters. The zero-order valence-electron chi connectivity index (χ0n) is 16.1. The maximum atomic E-state index is 12.8. The minimum absolute atomic E-state index is 0. The molecule has 8 nitrogen and oxygen atoms in total. The van der Waals surface area contributed by atoms with E-state index < -0.39 is 0 Å². The number of carbonyl (C=O) groups is 1. The Balaban J connectivity index is 0.00000261. The van der Waals surface area contributed by atoms with E-state index in [-0.39, 0.29) is 23.7 Å².